The van der Waals surface area contributed by atoms with Gasteiger partial charge in [-0.3, -0.25) is 0 Å². The number of furan rings is 1. The maximum absolute atomic E-state index is 6.62. The van der Waals surface area contributed by atoms with Gasteiger partial charge in [0.05, 0.1) is 0 Å². The lowest BCUT2D eigenvalue weighted by molar-refractivity contribution is 0.612. The van der Waals surface area contributed by atoms with Gasteiger partial charge in [-0.05, 0) is 46.8 Å². The van der Waals surface area contributed by atoms with E-state index in [1.54, 1.807) is 0 Å². The predicted molar refractivity (Wildman–Crippen MR) is 159 cm³/mol. The van der Waals surface area contributed by atoms with Crippen LogP contribution in [0.4, 0.5) is 0 Å². The lowest BCUT2D eigenvalue weighted by atomic mass is 9.82. The first-order chi connectivity index (χ1) is 19.2. The summed E-state index contributed by atoms with van der Waals surface area (Å²) in [5, 5.41) is 2.16. The van der Waals surface area contributed by atoms with Crippen LogP contribution in [0.5, 0.6) is 0 Å². The molecule has 0 bridgehead atoms. The van der Waals surface area contributed by atoms with E-state index in [2.05, 4.69) is 77.6 Å². The maximum Gasteiger partial charge on any atom is 0.226 e. The average molecular weight is 526 g/mol. The number of halogens is 1. The van der Waals surface area contributed by atoms with Crippen molar-refractivity contribution in [3.63, 3.8) is 0 Å². The molecule has 4 nitrogen and oxygen atoms in total. The summed E-state index contributed by atoms with van der Waals surface area (Å²) in [5.74, 6) is 1.59. The van der Waals surface area contributed by atoms with Gasteiger partial charge >= 0.3 is 0 Å². The van der Waals surface area contributed by atoms with Crippen LogP contribution in [0.2, 0.25) is 5.28 Å². The van der Waals surface area contributed by atoms with Crippen LogP contribution in [0.25, 0.3) is 55.8 Å². The monoisotopic (exact) mass is 525 g/mol. The third-order valence-corrected chi connectivity index (χ3v) is 7.55. The molecule has 188 valence electrons. The van der Waals surface area contributed by atoms with Gasteiger partial charge in [0.2, 0.25) is 5.28 Å². The van der Waals surface area contributed by atoms with E-state index in [-0.39, 0.29) is 11.2 Å². The largest absolute Gasteiger partial charge is 0.456 e. The normalized spacial score (nSPS) is 16.8. The fourth-order valence-electron chi connectivity index (χ4n) is 5.48. The third kappa shape index (κ3) is 4.23. The maximum atomic E-state index is 6.62. The highest BCUT2D eigenvalue weighted by atomic mass is 35.5. The van der Waals surface area contributed by atoms with Gasteiger partial charge in [0, 0.05) is 33.4 Å². The van der Waals surface area contributed by atoms with Crippen molar-refractivity contribution in [3.05, 3.63) is 126 Å². The first kappa shape index (κ1) is 23.6. The number of aromatic nitrogens is 3. The van der Waals surface area contributed by atoms with E-state index in [1.165, 1.54) is 5.56 Å². The van der Waals surface area contributed by atoms with Crippen LogP contribution < -0.4 is 0 Å². The molecule has 0 saturated heterocycles. The Morgan fingerprint density at radius 1 is 0.692 bits per heavy atom. The standard InChI is InChI=1S/C34H24ClN3O/c1-21-11-8-9-16-25(21)27-19-24(22-12-4-2-5-13-22)20-28-30-26(17-10-18-29(30)39-31(27)28)33-36-32(37-34(35)38-33)23-14-6-3-7-15-23/h2-21,25H,1H3. The van der Waals surface area contributed by atoms with Gasteiger partial charge in [-0.1, -0.05) is 104 Å². The Balaban J connectivity index is 1.51. The molecule has 0 fully saturated rings. The molecular weight excluding hydrogens is 502 g/mol. The molecular formula is C34H24ClN3O. The Hall–Kier alpha value is -4.54. The zero-order chi connectivity index (χ0) is 26.3. The number of nitrogens with zero attached hydrogens (tertiary/aromatic N) is 3. The summed E-state index contributed by atoms with van der Waals surface area (Å²) in [4.78, 5) is 13.8. The van der Waals surface area contributed by atoms with Crippen molar-refractivity contribution < 1.29 is 4.42 Å². The summed E-state index contributed by atoms with van der Waals surface area (Å²) in [6, 6.07) is 30.8. The van der Waals surface area contributed by atoms with Crippen molar-refractivity contribution in [1.82, 2.24) is 15.0 Å². The highest BCUT2D eigenvalue weighted by Crippen LogP contribution is 2.43. The Kier molecular flexibility index (Phi) is 5.83. The molecule has 2 aromatic heterocycles. The van der Waals surface area contributed by atoms with Crippen molar-refractivity contribution in [1.29, 1.82) is 0 Å². The van der Waals surface area contributed by atoms with E-state index in [9.17, 15) is 0 Å². The van der Waals surface area contributed by atoms with E-state index in [0.29, 0.717) is 17.6 Å². The summed E-state index contributed by atoms with van der Waals surface area (Å²) >= 11 is 6.44. The molecule has 0 radical (unpaired) electrons. The number of benzene rings is 4. The second-order valence-corrected chi connectivity index (χ2v) is 10.2. The van der Waals surface area contributed by atoms with Gasteiger partial charge in [0.1, 0.15) is 11.2 Å². The van der Waals surface area contributed by atoms with Gasteiger partial charge < -0.3 is 4.42 Å². The molecule has 0 N–H and O–H groups in total. The Bertz CT molecular complexity index is 1890. The van der Waals surface area contributed by atoms with Gasteiger partial charge in [-0.25, -0.2) is 4.98 Å². The summed E-state index contributed by atoms with van der Waals surface area (Å²) < 4.78 is 6.62. The van der Waals surface area contributed by atoms with Gasteiger partial charge in [-0.2, -0.15) is 9.97 Å². The molecule has 5 heteroatoms. The summed E-state index contributed by atoms with van der Waals surface area (Å²) in [7, 11) is 0. The first-order valence-electron chi connectivity index (χ1n) is 13.0. The zero-order valence-electron chi connectivity index (χ0n) is 21.3. The molecule has 0 aliphatic heterocycles. The molecule has 2 atom stereocenters. The highest BCUT2D eigenvalue weighted by Gasteiger charge is 2.25. The van der Waals surface area contributed by atoms with Crippen molar-refractivity contribution in [2.45, 2.75) is 12.8 Å². The minimum Gasteiger partial charge on any atom is -0.456 e. The van der Waals surface area contributed by atoms with E-state index in [0.717, 1.165) is 44.2 Å². The van der Waals surface area contributed by atoms with Crippen LogP contribution in [0.3, 0.4) is 0 Å². The summed E-state index contributed by atoms with van der Waals surface area (Å²) in [6.07, 6.45) is 8.75. The van der Waals surface area contributed by atoms with Crippen LogP contribution in [-0.4, -0.2) is 15.0 Å². The average Bonchev–Trinajstić information content (AvgIpc) is 3.37. The van der Waals surface area contributed by atoms with Crippen LogP contribution in [-0.2, 0) is 0 Å². The van der Waals surface area contributed by atoms with E-state index < -0.39 is 0 Å². The molecule has 0 saturated carbocycles. The quantitative estimate of drug-likeness (QED) is 0.230. The van der Waals surface area contributed by atoms with Crippen LogP contribution in [0, 0.1) is 5.92 Å². The minimum absolute atomic E-state index is 0.155. The van der Waals surface area contributed by atoms with Crippen molar-refractivity contribution in [2.24, 2.45) is 5.92 Å². The highest BCUT2D eigenvalue weighted by molar-refractivity contribution is 6.28. The van der Waals surface area contributed by atoms with Crippen molar-refractivity contribution in [3.8, 4) is 33.9 Å². The fourth-order valence-corrected chi connectivity index (χ4v) is 5.64. The van der Waals surface area contributed by atoms with E-state index >= 15 is 0 Å². The molecule has 4 aromatic carbocycles. The molecule has 2 heterocycles. The minimum atomic E-state index is 0.155. The van der Waals surface area contributed by atoms with Gasteiger partial charge in [0.15, 0.2) is 11.6 Å². The zero-order valence-corrected chi connectivity index (χ0v) is 22.0. The molecule has 1 aliphatic rings. The number of rotatable bonds is 4. The number of hydrogen-bond acceptors (Lipinski definition) is 4. The lowest BCUT2D eigenvalue weighted by Gasteiger charge is -2.22. The number of hydrogen-bond donors (Lipinski definition) is 0. The van der Waals surface area contributed by atoms with Crippen LogP contribution in [0.15, 0.2) is 120 Å². The van der Waals surface area contributed by atoms with Crippen molar-refractivity contribution in [2.75, 3.05) is 0 Å². The van der Waals surface area contributed by atoms with E-state index in [4.69, 9.17) is 21.0 Å². The number of allylic oxidation sites excluding steroid dienone is 4. The topological polar surface area (TPSA) is 51.8 Å². The van der Waals surface area contributed by atoms with Gasteiger partial charge in [0.25, 0.3) is 0 Å². The van der Waals surface area contributed by atoms with E-state index in [1.807, 2.05) is 54.6 Å². The summed E-state index contributed by atoms with van der Waals surface area (Å²) in [5.41, 5.74) is 6.88. The molecule has 1 aliphatic carbocycles. The molecule has 0 amide bonds. The Morgan fingerprint density at radius 2 is 1.41 bits per heavy atom. The number of fused-ring (bicyclic) bond motifs is 3. The fraction of sp³-hybridized carbons (Fsp3) is 0.0882. The molecule has 39 heavy (non-hydrogen) atoms. The Morgan fingerprint density at radius 3 is 2.18 bits per heavy atom. The smallest absolute Gasteiger partial charge is 0.226 e. The molecule has 7 rings (SSSR count). The lowest BCUT2D eigenvalue weighted by Crippen LogP contribution is -2.07. The third-order valence-electron chi connectivity index (χ3n) is 7.38. The second kappa shape index (κ2) is 9.64. The Labute approximate surface area is 231 Å². The SMILES string of the molecule is CC1C=CC=CC1c1cc(-c2ccccc2)cc2c1oc1cccc(-c3nc(Cl)nc(-c4ccccc4)n3)c12. The molecule has 6 aromatic rings. The first-order valence-corrected chi connectivity index (χ1v) is 13.4. The van der Waals surface area contributed by atoms with Gasteiger partial charge in [-0.15, -0.1) is 0 Å². The molecule has 2 unspecified atom stereocenters. The summed E-state index contributed by atoms with van der Waals surface area (Å²) in [6.45, 7) is 2.25. The molecule has 0 spiro atoms. The second-order valence-electron chi connectivity index (χ2n) is 9.86. The van der Waals surface area contributed by atoms with Crippen LogP contribution in [0.1, 0.15) is 18.4 Å². The van der Waals surface area contributed by atoms with Crippen LogP contribution >= 0.6 is 11.6 Å². The predicted octanol–water partition coefficient (Wildman–Crippen LogP) is 9.27. The van der Waals surface area contributed by atoms with Crippen molar-refractivity contribution >= 4 is 33.5 Å².